The van der Waals surface area contributed by atoms with E-state index in [4.69, 9.17) is 5.73 Å². The molecule has 0 unspecified atom stereocenters. The van der Waals surface area contributed by atoms with Gasteiger partial charge in [-0.15, -0.1) is 0 Å². The molecule has 0 spiro atoms. The zero-order valence-electron chi connectivity index (χ0n) is 18.5. The minimum Gasteiger partial charge on any atom is -0.383 e. The number of nitrogens with zero attached hydrogens (tertiary/aromatic N) is 4. The number of anilines is 2. The number of nitrogen functional groups attached to an aromatic ring is 1. The molecule has 9 heteroatoms. The number of aromatic amines is 1. The van der Waals surface area contributed by atoms with Gasteiger partial charge in [0.05, 0.1) is 40.5 Å². The van der Waals surface area contributed by atoms with E-state index in [0.29, 0.717) is 34.9 Å². The lowest BCUT2D eigenvalue weighted by molar-refractivity contribution is -0.146. The third kappa shape index (κ3) is 3.86. The summed E-state index contributed by atoms with van der Waals surface area (Å²) in [6.45, 7) is 4.61. The highest BCUT2D eigenvalue weighted by molar-refractivity contribution is 6.40. The van der Waals surface area contributed by atoms with Gasteiger partial charge in [0.15, 0.2) is 0 Å². The Labute approximate surface area is 190 Å². The molecule has 0 radical (unpaired) electrons. The molecule has 4 aromatic rings. The van der Waals surface area contributed by atoms with E-state index >= 15 is 0 Å². The van der Waals surface area contributed by atoms with Gasteiger partial charge in [-0.2, -0.15) is 5.10 Å². The molecule has 0 bridgehead atoms. The lowest BCUT2D eigenvalue weighted by Crippen LogP contribution is -2.46. The lowest BCUT2D eigenvalue weighted by Gasteiger charge is -2.38. The summed E-state index contributed by atoms with van der Waals surface area (Å²) in [5.41, 5.74) is 9.71. The van der Waals surface area contributed by atoms with Crippen LogP contribution in [-0.4, -0.2) is 43.4 Å². The number of nitrogens with two attached hydrogens (primary N) is 1. The number of hydrogen-bond acceptors (Lipinski definition) is 6. The van der Waals surface area contributed by atoms with Crippen molar-refractivity contribution in [1.82, 2.24) is 25.1 Å². The average Bonchev–Trinajstić information content (AvgIpc) is 3.31. The first-order valence-electron chi connectivity index (χ1n) is 11.0. The van der Waals surface area contributed by atoms with Crippen molar-refractivity contribution in [2.45, 2.75) is 32.7 Å². The van der Waals surface area contributed by atoms with Crippen LogP contribution in [0, 0.1) is 12.8 Å². The van der Waals surface area contributed by atoms with Crippen molar-refractivity contribution < 1.29 is 9.59 Å². The Bertz CT molecular complexity index is 1380. The van der Waals surface area contributed by atoms with E-state index in [1.807, 2.05) is 31.3 Å². The Morgan fingerprint density at radius 2 is 2.00 bits per heavy atom. The summed E-state index contributed by atoms with van der Waals surface area (Å²) in [6.07, 6.45) is 6.56. The molecule has 9 nitrogen and oxygen atoms in total. The highest BCUT2D eigenvalue weighted by Crippen LogP contribution is 2.35. The number of likely N-dealkylation sites (tertiary alicyclic amines) is 1. The lowest BCUT2D eigenvalue weighted by atomic mass is 9.89. The number of nitrogens with one attached hydrogen (secondary N) is 2. The van der Waals surface area contributed by atoms with Crippen LogP contribution in [0.5, 0.6) is 0 Å². The second-order valence-electron chi connectivity index (χ2n) is 8.79. The van der Waals surface area contributed by atoms with Gasteiger partial charge >= 0.3 is 11.8 Å². The van der Waals surface area contributed by atoms with Crippen LogP contribution in [0.2, 0.25) is 0 Å². The van der Waals surface area contributed by atoms with Gasteiger partial charge in [0.2, 0.25) is 0 Å². The molecule has 0 saturated carbocycles. The van der Waals surface area contributed by atoms with Gasteiger partial charge in [-0.1, -0.05) is 19.1 Å². The van der Waals surface area contributed by atoms with Crippen LogP contribution in [0.25, 0.3) is 21.8 Å². The number of H-pyrrole nitrogens is 1. The van der Waals surface area contributed by atoms with E-state index in [0.717, 1.165) is 34.9 Å². The summed E-state index contributed by atoms with van der Waals surface area (Å²) >= 11 is 0. The molecule has 2 amide bonds. The number of carbonyl (C=O) groups is 2. The van der Waals surface area contributed by atoms with E-state index in [-0.39, 0.29) is 6.04 Å². The molecule has 1 aliphatic heterocycles. The van der Waals surface area contributed by atoms with Crippen LogP contribution in [-0.2, 0) is 9.59 Å². The zero-order valence-corrected chi connectivity index (χ0v) is 18.5. The number of rotatable bonds is 2. The summed E-state index contributed by atoms with van der Waals surface area (Å²) in [5, 5.41) is 11.1. The van der Waals surface area contributed by atoms with Crippen LogP contribution < -0.4 is 11.1 Å². The van der Waals surface area contributed by atoms with Gasteiger partial charge in [-0.3, -0.25) is 19.7 Å². The van der Waals surface area contributed by atoms with E-state index in [9.17, 15) is 9.59 Å². The molecule has 1 aromatic carbocycles. The van der Waals surface area contributed by atoms with Crippen molar-refractivity contribution in [2.24, 2.45) is 5.92 Å². The first-order valence-corrected chi connectivity index (χ1v) is 11.0. The minimum absolute atomic E-state index is 0.191. The van der Waals surface area contributed by atoms with Crippen molar-refractivity contribution >= 4 is 45.1 Å². The number of carbonyl (C=O) groups excluding carboxylic acids is 2. The maximum atomic E-state index is 13.3. The normalized spacial score (nSPS) is 18.5. The van der Waals surface area contributed by atoms with Crippen LogP contribution in [0.1, 0.15) is 36.9 Å². The van der Waals surface area contributed by atoms with Crippen molar-refractivity contribution in [2.75, 3.05) is 17.6 Å². The number of aryl methyl sites for hydroxylation is 1. The van der Waals surface area contributed by atoms with Crippen LogP contribution in [0.3, 0.4) is 0 Å². The monoisotopic (exact) mass is 443 g/mol. The number of aromatic nitrogens is 4. The predicted molar refractivity (Wildman–Crippen MR) is 126 cm³/mol. The van der Waals surface area contributed by atoms with Gasteiger partial charge in [0.1, 0.15) is 5.82 Å². The van der Waals surface area contributed by atoms with Gasteiger partial charge in [-0.05, 0) is 48.9 Å². The molecular weight excluding hydrogens is 418 g/mol. The molecule has 0 aliphatic carbocycles. The summed E-state index contributed by atoms with van der Waals surface area (Å²) in [5.74, 6) is -0.691. The largest absolute Gasteiger partial charge is 0.383 e. The molecule has 1 fully saturated rings. The van der Waals surface area contributed by atoms with Crippen LogP contribution in [0.15, 0.2) is 42.9 Å². The SMILES string of the molecule is Cc1cnc2cc([C@H]3CC[C@H](C)CN3C(=O)C(=O)Nc3cnc(N)c4cn[nH]c34)ccc2c1. The fourth-order valence-corrected chi connectivity index (χ4v) is 4.53. The van der Waals surface area contributed by atoms with Crippen molar-refractivity contribution in [3.05, 3.63) is 54.0 Å². The quantitative estimate of drug-likeness (QED) is 0.408. The average molecular weight is 444 g/mol. The minimum atomic E-state index is -0.717. The van der Waals surface area contributed by atoms with Gasteiger partial charge < -0.3 is 16.0 Å². The number of hydrogen-bond donors (Lipinski definition) is 3. The summed E-state index contributed by atoms with van der Waals surface area (Å²) in [4.78, 5) is 36.6. The summed E-state index contributed by atoms with van der Waals surface area (Å²) in [7, 11) is 0. The number of benzene rings is 1. The molecule has 1 saturated heterocycles. The molecule has 168 valence electrons. The standard InChI is InChI=1S/C24H25N7O2/c1-13-3-6-20(16-5-4-15-7-14(2)9-26-18(15)8-16)31(12-13)24(33)23(32)29-19-11-27-22(25)17-10-28-30-21(17)19/h4-5,7-11,13,20H,3,6,12H2,1-2H3,(H2,25,27)(H,28,30)(H,29,32)/t13-,20+/m0/s1. The third-order valence-electron chi connectivity index (χ3n) is 6.27. The van der Waals surface area contributed by atoms with E-state index in [2.05, 4.69) is 38.5 Å². The highest BCUT2D eigenvalue weighted by Gasteiger charge is 2.34. The Morgan fingerprint density at radius 3 is 2.85 bits per heavy atom. The van der Waals surface area contributed by atoms with E-state index in [1.165, 1.54) is 12.4 Å². The Balaban J connectivity index is 1.43. The number of fused-ring (bicyclic) bond motifs is 2. The molecule has 33 heavy (non-hydrogen) atoms. The summed E-state index contributed by atoms with van der Waals surface area (Å²) < 4.78 is 0. The fraction of sp³-hybridized carbons (Fsp3) is 0.292. The van der Waals surface area contributed by atoms with Crippen molar-refractivity contribution in [3.63, 3.8) is 0 Å². The molecule has 4 heterocycles. The van der Waals surface area contributed by atoms with E-state index < -0.39 is 11.8 Å². The second kappa shape index (κ2) is 8.16. The summed E-state index contributed by atoms with van der Waals surface area (Å²) in [6, 6.07) is 7.97. The molecule has 5 rings (SSSR count). The Kier molecular flexibility index (Phi) is 5.16. The van der Waals surface area contributed by atoms with Gasteiger partial charge in [0, 0.05) is 18.1 Å². The maximum Gasteiger partial charge on any atom is 0.314 e. The van der Waals surface area contributed by atoms with Crippen LogP contribution >= 0.6 is 0 Å². The van der Waals surface area contributed by atoms with Gasteiger partial charge in [-0.25, -0.2) is 4.98 Å². The number of piperidine rings is 1. The van der Waals surface area contributed by atoms with Crippen LogP contribution in [0.4, 0.5) is 11.5 Å². The molecule has 4 N–H and O–H groups in total. The van der Waals surface area contributed by atoms with Crippen molar-refractivity contribution in [1.29, 1.82) is 0 Å². The first-order chi connectivity index (χ1) is 15.9. The molecule has 1 aliphatic rings. The molecular formula is C24H25N7O2. The topological polar surface area (TPSA) is 130 Å². The fourth-order valence-electron chi connectivity index (χ4n) is 4.53. The number of pyridine rings is 2. The smallest absolute Gasteiger partial charge is 0.314 e. The maximum absolute atomic E-state index is 13.3. The molecule has 3 aromatic heterocycles. The number of amides is 2. The first kappa shape index (κ1) is 20.9. The second-order valence-corrected chi connectivity index (χ2v) is 8.79. The van der Waals surface area contributed by atoms with Gasteiger partial charge in [0.25, 0.3) is 0 Å². The third-order valence-corrected chi connectivity index (χ3v) is 6.27. The Morgan fingerprint density at radius 1 is 1.15 bits per heavy atom. The Hall–Kier alpha value is -4.01. The predicted octanol–water partition coefficient (Wildman–Crippen LogP) is 3.34. The zero-order chi connectivity index (χ0) is 23.1. The van der Waals surface area contributed by atoms with Crippen molar-refractivity contribution in [3.8, 4) is 0 Å². The molecule has 2 atom stereocenters. The highest BCUT2D eigenvalue weighted by atomic mass is 16.2. The van der Waals surface area contributed by atoms with E-state index in [1.54, 1.807) is 4.90 Å².